The maximum Gasteiger partial charge on any atom is 0.277 e. The van der Waals surface area contributed by atoms with E-state index in [4.69, 9.17) is 4.74 Å². The number of benzene rings is 2. The highest BCUT2D eigenvalue weighted by molar-refractivity contribution is 7.91. The second-order valence-electron chi connectivity index (χ2n) is 10.3. The molecule has 0 amide bonds. The molecule has 1 fully saturated rings. The summed E-state index contributed by atoms with van der Waals surface area (Å²) < 4.78 is 34.8. The number of hydrogen-bond acceptors (Lipinski definition) is 9. The smallest absolute Gasteiger partial charge is 0.277 e. The van der Waals surface area contributed by atoms with Crippen molar-refractivity contribution in [3.63, 3.8) is 0 Å². The summed E-state index contributed by atoms with van der Waals surface area (Å²) in [6.07, 6.45) is 4.31. The van der Waals surface area contributed by atoms with Gasteiger partial charge in [-0.2, -0.15) is 15.5 Å². The monoisotopic (exact) mass is 581 g/mol. The van der Waals surface area contributed by atoms with Gasteiger partial charge in [-0.25, -0.2) is 8.42 Å². The van der Waals surface area contributed by atoms with E-state index in [2.05, 4.69) is 22.1 Å². The molecule has 0 bridgehead atoms. The van der Waals surface area contributed by atoms with Crippen molar-refractivity contribution in [1.29, 1.82) is 10.5 Å². The maximum atomic E-state index is 14.2. The molecule has 1 N–H and O–H groups in total. The second kappa shape index (κ2) is 11.6. The van der Waals surface area contributed by atoms with E-state index in [0.717, 1.165) is 12.8 Å². The number of pyridine rings is 1. The lowest BCUT2D eigenvalue weighted by Crippen LogP contribution is -2.35. The fraction of sp³-hybridized carbons (Fsp3) is 0.258. The van der Waals surface area contributed by atoms with Gasteiger partial charge >= 0.3 is 0 Å². The minimum Gasteiger partial charge on any atom is -0.492 e. The number of rotatable bonds is 9. The van der Waals surface area contributed by atoms with Crippen LogP contribution in [0.25, 0.3) is 11.1 Å². The molecule has 0 saturated heterocycles. The minimum atomic E-state index is -4.54. The van der Waals surface area contributed by atoms with E-state index < -0.39 is 32.2 Å². The molecule has 2 heterocycles. The van der Waals surface area contributed by atoms with E-state index in [1.165, 1.54) is 41.2 Å². The van der Waals surface area contributed by atoms with Crippen LogP contribution in [0, 0.1) is 28.6 Å². The number of sulfone groups is 1. The molecule has 11 heteroatoms. The van der Waals surface area contributed by atoms with Gasteiger partial charge in [-0.15, -0.1) is 0 Å². The van der Waals surface area contributed by atoms with Gasteiger partial charge in [0.25, 0.3) is 5.56 Å². The van der Waals surface area contributed by atoms with Gasteiger partial charge in [-0.1, -0.05) is 24.3 Å². The first-order valence-electron chi connectivity index (χ1n) is 13.3. The van der Waals surface area contributed by atoms with Crippen molar-refractivity contribution in [2.24, 2.45) is 5.92 Å². The third-order valence-electron chi connectivity index (χ3n) is 7.06. The molecule has 10 nitrogen and oxygen atoms in total. The van der Waals surface area contributed by atoms with Gasteiger partial charge in [0, 0.05) is 18.0 Å². The fourth-order valence-electron chi connectivity index (χ4n) is 4.92. The van der Waals surface area contributed by atoms with Gasteiger partial charge in [-0.3, -0.25) is 14.3 Å². The second-order valence-corrected chi connectivity index (χ2v) is 12.2. The van der Waals surface area contributed by atoms with Crippen LogP contribution in [0.1, 0.15) is 55.2 Å². The number of ether oxygens (including phenoxy) is 1. The lowest BCUT2D eigenvalue weighted by Gasteiger charge is -2.25. The van der Waals surface area contributed by atoms with Gasteiger partial charge in [0.1, 0.15) is 18.5 Å². The topological polar surface area (TPSA) is 159 Å². The van der Waals surface area contributed by atoms with E-state index in [1.54, 1.807) is 30.3 Å². The number of nitriles is 2. The summed E-state index contributed by atoms with van der Waals surface area (Å²) in [4.78, 5) is 21.2. The lowest BCUT2D eigenvalue weighted by atomic mass is 9.99. The quantitative estimate of drug-likeness (QED) is 0.300. The Labute approximate surface area is 243 Å². The highest BCUT2D eigenvalue weighted by Crippen LogP contribution is 2.44. The summed E-state index contributed by atoms with van der Waals surface area (Å²) >= 11 is 0. The third kappa shape index (κ3) is 5.53. The summed E-state index contributed by atoms with van der Waals surface area (Å²) in [5.74, 6) is -0.823. The van der Waals surface area contributed by atoms with Crippen LogP contribution >= 0.6 is 0 Å². The van der Waals surface area contributed by atoms with Crippen LogP contribution in [0.2, 0.25) is 0 Å². The molecule has 42 heavy (non-hydrogen) atoms. The van der Waals surface area contributed by atoms with Gasteiger partial charge in [0.05, 0.1) is 34.2 Å². The molecular formula is C31H27N5O5S. The summed E-state index contributed by atoms with van der Waals surface area (Å²) in [6, 6.07) is 17.7. The standard InChI is InChI=1S/C31H27N5O5S/c1-19(2)41-18-27-35-30(37)29(31(38)36(27)28(22-6-7-22)23-5-3-4-20(14-23)15-32)42(39,40)25-10-8-21(9-11-25)26-12-13-34-17-24(26)16-33/h3-5,8-14,17,19,22,28,37H,6-7,18H2,1-2H3/t28-/m0/s1. The Morgan fingerprint density at radius 1 is 1.10 bits per heavy atom. The van der Waals surface area contributed by atoms with Gasteiger partial charge < -0.3 is 9.84 Å². The van der Waals surface area contributed by atoms with Crippen LogP contribution in [0.15, 0.2) is 81.6 Å². The Kier molecular flexibility index (Phi) is 7.90. The van der Waals surface area contributed by atoms with Crippen LogP contribution in [-0.4, -0.2) is 34.2 Å². The van der Waals surface area contributed by atoms with Crippen molar-refractivity contribution < 1.29 is 18.3 Å². The molecular weight excluding hydrogens is 554 g/mol. The third-order valence-corrected chi connectivity index (χ3v) is 8.85. The molecule has 0 aliphatic heterocycles. The van der Waals surface area contributed by atoms with Crippen LogP contribution in [0.4, 0.5) is 0 Å². The van der Waals surface area contributed by atoms with E-state index in [-0.39, 0.29) is 29.3 Å². The first-order chi connectivity index (χ1) is 20.1. The first kappa shape index (κ1) is 28.7. The van der Waals surface area contributed by atoms with Crippen molar-refractivity contribution in [3.8, 4) is 29.1 Å². The minimum absolute atomic E-state index is 0.00492. The van der Waals surface area contributed by atoms with Gasteiger partial charge in [-0.05, 0) is 74.1 Å². The van der Waals surface area contributed by atoms with E-state index in [9.17, 15) is 28.8 Å². The van der Waals surface area contributed by atoms with E-state index in [0.29, 0.717) is 27.8 Å². The van der Waals surface area contributed by atoms with Crippen molar-refractivity contribution >= 4 is 9.84 Å². The molecule has 2 aromatic heterocycles. The maximum absolute atomic E-state index is 14.2. The molecule has 5 rings (SSSR count). The number of hydrogen-bond donors (Lipinski definition) is 1. The Bertz CT molecular complexity index is 1900. The lowest BCUT2D eigenvalue weighted by molar-refractivity contribution is 0.0571. The van der Waals surface area contributed by atoms with Crippen LogP contribution in [-0.2, 0) is 21.2 Å². The van der Waals surface area contributed by atoms with E-state index >= 15 is 0 Å². The van der Waals surface area contributed by atoms with Crippen molar-refractivity contribution in [3.05, 3.63) is 99.9 Å². The Hall–Kier alpha value is -4.84. The summed E-state index contributed by atoms with van der Waals surface area (Å²) in [6.45, 7) is 3.49. The SMILES string of the molecule is CC(C)OCc1nc(O)c(S(=O)(=O)c2ccc(-c3ccncc3C#N)cc2)c(=O)n1[C@H](c1cccc(C#N)c1)C1CC1. The normalized spacial score (nSPS) is 13.8. The first-order valence-corrected chi connectivity index (χ1v) is 14.8. The predicted octanol–water partition coefficient (Wildman–Crippen LogP) is 4.51. The Balaban J connectivity index is 1.66. The van der Waals surface area contributed by atoms with Crippen LogP contribution in [0.5, 0.6) is 5.88 Å². The molecule has 1 aliphatic rings. The van der Waals surface area contributed by atoms with Gasteiger partial charge in [0.2, 0.25) is 15.7 Å². The van der Waals surface area contributed by atoms with E-state index in [1.807, 2.05) is 13.8 Å². The van der Waals surface area contributed by atoms with Gasteiger partial charge in [0.15, 0.2) is 4.90 Å². The largest absolute Gasteiger partial charge is 0.492 e. The number of nitrogens with zero attached hydrogens (tertiary/aromatic N) is 5. The molecule has 1 aliphatic carbocycles. The highest BCUT2D eigenvalue weighted by atomic mass is 32.2. The molecule has 2 aromatic carbocycles. The summed E-state index contributed by atoms with van der Waals surface area (Å²) in [5.41, 5.74) is 1.62. The average molecular weight is 582 g/mol. The molecule has 4 aromatic rings. The molecule has 0 spiro atoms. The Morgan fingerprint density at radius 3 is 2.48 bits per heavy atom. The summed E-state index contributed by atoms with van der Waals surface area (Å²) in [5, 5.41) is 29.8. The molecule has 1 saturated carbocycles. The van der Waals surface area contributed by atoms with Crippen molar-refractivity contribution in [2.45, 2.75) is 55.2 Å². The Morgan fingerprint density at radius 2 is 1.83 bits per heavy atom. The zero-order valence-corrected chi connectivity index (χ0v) is 23.7. The zero-order chi connectivity index (χ0) is 30.0. The molecule has 212 valence electrons. The molecule has 0 radical (unpaired) electrons. The van der Waals surface area contributed by atoms with Crippen molar-refractivity contribution in [2.75, 3.05) is 0 Å². The predicted molar refractivity (Wildman–Crippen MR) is 152 cm³/mol. The highest BCUT2D eigenvalue weighted by Gasteiger charge is 2.39. The van der Waals surface area contributed by atoms with Crippen LogP contribution < -0.4 is 5.56 Å². The van der Waals surface area contributed by atoms with Crippen LogP contribution in [0.3, 0.4) is 0 Å². The zero-order valence-electron chi connectivity index (χ0n) is 22.9. The number of aromatic nitrogens is 3. The summed E-state index contributed by atoms with van der Waals surface area (Å²) in [7, 11) is -4.54. The average Bonchev–Trinajstić information content (AvgIpc) is 3.83. The number of aromatic hydroxyl groups is 1. The molecule has 1 atom stereocenters. The fourth-order valence-corrected chi connectivity index (χ4v) is 6.26. The van der Waals surface area contributed by atoms with Crippen molar-refractivity contribution in [1.82, 2.24) is 14.5 Å². The molecule has 0 unspecified atom stereocenters.